The fourth-order valence-corrected chi connectivity index (χ4v) is 3.70. The number of aliphatic imine (C=N–C) groups is 1. The minimum absolute atomic E-state index is 0.0409. The number of benzene rings is 3. The van der Waals surface area contributed by atoms with E-state index in [9.17, 15) is 24.6 Å². The minimum atomic E-state index is -1.06. The van der Waals surface area contributed by atoms with Crippen LogP contribution in [0.4, 0.5) is 0 Å². The predicted octanol–water partition coefficient (Wildman–Crippen LogP) is 5.21. The number of amides is 1. The molecule has 0 aliphatic heterocycles. The Hall–Kier alpha value is -4.26. The molecule has 7 heteroatoms. The van der Waals surface area contributed by atoms with E-state index in [1.165, 1.54) is 26.0 Å². The van der Waals surface area contributed by atoms with Crippen LogP contribution < -0.4 is 4.74 Å². The lowest BCUT2D eigenvalue weighted by atomic mass is 9.99. The van der Waals surface area contributed by atoms with Crippen molar-refractivity contribution in [3.63, 3.8) is 0 Å². The second-order valence-corrected chi connectivity index (χ2v) is 8.10. The number of phenols is 1. The SMILES string of the molecule is CCCc1c(OCc2ccc(/C(=N\C(C)=O)c3cccc(C(=O)O)c3)cc2)ccc(C(C)=O)c1O. The molecule has 0 aromatic heterocycles. The summed E-state index contributed by atoms with van der Waals surface area (Å²) in [5.74, 6) is -1.20. The van der Waals surface area contributed by atoms with E-state index in [1.54, 1.807) is 36.4 Å². The molecular formula is C28H27NO6. The second kappa shape index (κ2) is 11.2. The third kappa shape index (κ3) is 6.20. The maximum Gasteiger partial charge on any atom is 0.335 e. The summed E-state index contributed by atoms with van der Waals surface area (Å²) < 4.78 is 5.96. The van der Waals surface area contributed by atoms with Gasteiger partial charge >= 0.3 is 5.97 Å². The Morgan fingerprint density at radius 2 is 1.60 bits per heavy atom. The van der Waals surface area contributed by atoms with Gasteiger partial charge in [-0.25, -0.2) is 9.79 Å². The lowest BCUT2D eigenvalue weighted by Gasteiger charge is -2.15. The zero-order valence-corrected chi connectivity index (χ0v) is 19.9. The molecule has 35 heavy (non-hydrogen) atoms. The van der Waals surface area contributed by atoms with Crippen LogP contribution >= 0.6 is 0 Å². The topological polar surface area (TPSA) is 113 Å². The average molecular weight is 474 g/mol. The summed E-state index contributed by atoms with van der Waals surface area (Å²) in [5.41, 5.74) is 3.37. The van der Waals surface area contributed by atoms with Gasteiger partial charge in [-0.2, -0.15) is 0 Å². The van der Waals surface area contributed by atoms with E-state index in [4.69, 9.17) is 4.74 Å². The molecule has 0 saturated heterocycles. The van der Waals surface area contributed by atoms with Crippen LogP contribution in [0, 0.1) is 0 Å². The summed E-state index contributed by atoms with van der Waals surface area (Å²) in [4.78, 5) is 39.0. The number of carboxylic acid groups (broad SMARTS) is 1. The Labute approximate surface area is 203 Å². The summed E-state index contributed by atoms with van der Waals surface area (Å²) in [5, 5.41) is 19.8. The van der Waals surface area contributed by atoms with Crippen molar-refractivity contribution in [1.82, 2.24) is 0 Å². The van der Waals surface area contributed by atoms with Crippen LogP contribution in [0.25, 0.3) is 0 Å². The van der Waals surface area contributed by atoms with Gasteiger partial charge in [0.05, 0.1) is 16.8 Å². The molecule has 0 atom stereocenters. The van der Waals surface area contributed by atoms with Crippen LogP contribution in [0.2, 0.25) is 0 Å². The number of ether oxygens (including phenoxy) is 1. The van der Waals surface area contributed by atoms with E-state index in [2.05, 4.69) is 4.99 Å². The van der Waals surface area contributed by atoms with E-state index >= 15 is 0 Å². The molecule has 0 heterocycles. The maximum atomic E-state index is 11.8. The summed E-state index contributed by atoms with van der Waals surface area (Å²) >= 11 is 0. The smallest absolute Gasteiger partial charge is 0.335 e. The molecule has 0 unspecified atom stereocenters. The number of nitrogens with zero attached hydrogens (tertiary/aromatic N) is 1. The Balaban J connectivity index is 1.85. The molecule has 0 bridgehead atoms. The number of Topliss-reactive ketones (excluding diaryl/α,β-unsaturated/α-hetero) is 1. The Morgan fingerprint density at radius 3 is 2.20 bits per heavy atom. The van der Waals surface area contributed by atoms with Gasteiger partial charge in [0.1, 0.15) is 18.1 Å². The number of ketones is 1. The third-order valence-electron chi connectivity index (χ3n) is 5.39. The van der Waals surface area contributed by atoms with Crippen LogP contribution in [-0.2, 0) is 17.8 Å². The highest BCUT2D eigenvalue weighted by atomic mass is 16.5. The van der Waals surface area contributed by atoms with Crippen molar-refractivity contribution in [2.45, 2.75) is 40.2 Å². The minimum Gasteiger partial charge on any atom is -0.507 e. The van der Waals surface area contributed by atoms with Gasteiger partial charge in [0, 0.05) is 23.6 Å². The molecule has 0 aliphatic carbocycles. The van der Waals surface area contributed by atoms with Crippen molar-refractivity contribution in [3.8, 4) is 11.5 Å². The molecule has 3 aromatic carbocycles. The van der Waals surface area contributed by atoms with Gasteiger partial charge in [-0.1, -0.05) is 49.7 Å². The maximum absolute atomic E-state index is 11.8. The Morgan fingerprint density at radius 1 is 0.914 bits per heavy atom. The first-order chi connectivity index (χ1) is 16.7. The van der Waals surface area contributed by atoms with Gasteiger partial charge in [-0.3, -0.25) is 9.59 Å². The van der Waals surface area contributed by atoms with Crippen molar-refractivity contribution >= 4 is 23.4 Å². The molecule has 3 rings (SSSR count). The number of hydrogen-bond donors (Lipinski definition) is 2. The molecule has 0 spiro atoms. The number of carbonyl (C=O) groups excluding carboxylic acids is 2. The first-order valence-electron chi connectivity index (χ1n) is 11.2. The highest BCUT2D eigenvalue weighted by molar-refractivity contribution is 6.17. The number of phenolic OH excluding ortho intramolecular Hbond substituents is 1. The van der Waals surface area contributed by atoms with Crippen LogP contribution in [-0.4, -0.2) is 33.6 Å². The molecule has 3 aromatic rings. The van der Waals surface area contributed by atoms with Gasteiger partial charge < -0.3 is 14.9 Å². The van der Waals surface area contributed by atoms with E-state index in [0.717, 1.165) is 12.0 Å². The van der Waals surface area contributed by atoms with Crippen molar-refractivity contribution < 1.29 is 29.3 Å². The third-order valence-corrected chi connectivity index (χ3v) is 5.39. The number of carbonyl (C=O) groups is 3. The van der Waals surface area contributed by atoms with E-state index < -0.39 is 11.9 Å². The summed E-state index contributed by atoms with van der Waals surface area (Å²) in [6.45, 7) is 4.96. The quantitative estimate of drug-likeness (QED) is 0.326. The highest BCUT2D eigenvalue weighted by Crippen LogP contribution is 2.33. The Bertz CT molecular complexity index is 1290. The number of hydrogen-bond acceptors (Lipinski definition) is 5. The van der Waals surface area contributed by atoms with Crippen molar-refractivity contribution in [2.24, 2.45) is 4.99 Å². The van der Waals surface area contributed by atoms with Crippen LogP contribution in [0.1, 0.15) is 70.2 Å². The van der Waals surface area contributed by atoms with E-state index in [-0.39, 0.29) is 29.3 Å². The molecule has 0 aliphatic rings. The van der Waals surface area contributed by atoms with E-state index in [0.29, 0.717) is 34.6 Å². The normalized spacial score (nSPS) is 11.2. The fourth-order valence-electron chi connectivity index (χ4n) is 3.70. The monoisotopic (exact) mass is 473 g/mol. The van der Waals surface area contributed by atoms with Gasteiger partial charge in [0.25, 0.3) is 0 Å². The van der Waals surface area contributed by atoms with E-state index in [1.807, 2.05) is 19.1 Å². The van der Waals surface area contributed by atoms with Gasteiger partial charge in [-0.15, -0.1) is 0 Å². The number of aromatic hydroxyl groups is 1. The molecule has 180 valence electrons. The van der Waals surface area contributed by atoms with Crippen molar-refractivity contribution in [2.75, 3.05) is 0 Å². The average Bonchev–Trinajstić information content (AvgIpc) is 2.83. The fraction of sp³-hybridized carbons (Fsp3) is 0.214. The first-order valence-corrected chi connectivity index (χ1v) is 11.2. The molecule has 0 saturated carbocycles. The first kappa shape index (κ1) is 25.4. The number of carboxylic acids is 1. The lowest BCUT2D eigenvalue weighted by molar-refractivity contribution is -0.115. The summed E-state index contributed by atoms with van der Waals surface area (Å²) in [6.07, 6.45) is 1.35. The summed E-state index contributed by atoms with van der Waals surface area (Å²) in [7, 11) is 0. The predicted molar refractivity (Wildman–Crippen MR) is 133 cm³/mol. The number of aromatic carboxylic acids is 1. The molecule has 0 fully saturated rings. The summed E-state index contributed by atoms with van der Waals surface area (Å²) in [6, 6.07) is 16.8. The zero-order valence-electron chi connectivity index (χ0n) is 19.9. The largest absolute Gasteiger partial charge is 0.507 e. The standard InChI is InChI=1S/C28H27NO6/c1-4-6-24-25(14-13-23(17(2)30)27(24)32)35-16-19-9-11-20(12-10-19)26(29-18(3)31)21-7-5-8-22(15-21)28(33)34/h5,7-15,32H,4,6,16H2,1-3H3,(H,33,34)/b29-26+. The second-order valence-electron chi connectivity index (χ2n) is 8.10. The molecular weight excluding hydrogens is 446 g/mol. The molecule has 1 amide bonds. The molecule has 7 nitrogen and oxygen atoms in total. The van der Waals surface area contributed by atoms with Crippen LogP contribution in [0.3, 0.4) is 0 Å². The van der Waals surface area contributed by atoms with Crippen LogP contribution in [0.5, 0.6) is 11.5 Å². The van der Waals surface area contributed by atoms with Gasteiger partial charge in [-0.05, 0) is 43.2 Å². The highest BCUT2D eigenvalue weighted by Gasteiger charge is 2.16. The van der Waals surface area contributed by atoms with Gasteiger partial charge in [0.2, 0.25) is 5.91 Å². The number of rotatable bonds is 9. The van der Waals surface area contributed by atoms with Gasteiger partial charge in [0.15, 0.2) is 5.78 Å². The molecule has 2 N–H and O–H groups in total. The van der Waals surface area contributed by atoms with Crippen molar-refractivity contribution in [1.29, 1.82) is 0 Å². The zero-order chi connectivity index (χ0) is 25.5. The Kier molecular flexibility index (Phi) is 8.15. The van der Waals surface area contributed by atoms with Crippen molar-refractivity contribution in [3.05, 3.63) is 94.0 Å². The van der Waals surface area contributed by atoms with Crippen LogP contribution in [0.15, 0.2) is 65.7 Å². The molecule has 0 radical (unpaired) electrons. The lowest BCUT2D eigenvalue weighted by Crippen LogP contribution is -2.08.